The molecular formula is C18H36N2O. The second kappa shape index (κ2) is 6.97. The Labute approximate surface area is 131 Å². The van der Waals surface area contributed by atoms with Crippen molar-refractivity contribution in [3.63, 3.8) is 0 Å². The summed E-state index contributed by atoms with van der Waals surface area (Å²) in [6, 6.07) is 0.635. The van der Waals surface area contributed by atoms with Crippen LogP contribution in [0, 0.1) is 11.3 Å². The lowest BCUT2D eigenvalue weighted by molar-refractivity contribution is 0.0673. The first-order valence-electron chi connectivity index (χ1n) is 8.83. The van der Waals surface area contributed by atoms with Crippen molar-refractivity contribution >= 4 is 0 Å². The molecule has 0 bridgehead atoms. The third-order valence-electron chi connectivity index (χ3n) is 5.44. The first-order chi connectivity index (χ1) is 9.80. The van der Waals surface area contributed by atoms with E-state index in [0.717, 1.165) is 25.7 Å². The number of hydrogen-bond donors (Lipinski definition) is 1. The summed E-state index contributed by atoms with van der Waals surface area (Å²) in [4.78, 5) is 2.58. The van der Waals surface area contributed by atoms with Crippen LogP contribution in [0.4, 0.5) is 0 Å². The fourth-order valence-corrected chi connectivity index (χ4v) is 3.75. The van der Waals surface area contributed by atoms with Crippen molar-refractivity contribution in [3.8, 4) is 0 Å². The van der Waals surface area contributed by atoms with E-state index >= 15 is 0 Å². The average molecular weight is 296 g/mol. The van der Waals surface area contributed by atoms with Crippen molar-refractivity contribution in [2.24, 2.45) is 11.3 Å². The number of nitrogens with zero attached hydrogens (tertiary/aromatic N) is 1. The second-order valence-electron chi connectivity index (χ2n) is 8.72. The summed E-state index contributed by atoms with van der Waals surface area (Å²) in [7, 11) is 2.30. The number of rotatable bonds is 5. The van der Waals surface area contributed by atoms with Crippen LogP contribution < -0.4 is 5.32 Å². The minimum absolute atomic E-state index is 0.213. The van der Waals surface area contributed by atoms with Crippen LogP contribution in [0.3, 0.4) is 0 Å². The van der Waals surface area contributed by atoms with Crippen LogP contribution in [0.15, 0.2) is 0 Å². The summed E-state index contributed by atoms with van der Waals surface area (Å²) in [5.41, 5.74) is 0.669. The lowest BCUT2D eigenvalue weighted by atomic mass is 9.70. The standard InChI is InChI=1S/C18H36N2O/c1-15-6-9-18(10-7-15,13-19-17(2,3)4)14-20(5)16-8-11-21-12-16/h15-16,19H,6-14H2,1-5H3. The van der Waals surface area contributed by atoms with Crippen molar-refractivity contribution in [1.29, 1.82) is 0 Å². The molecule has 1 unspecified atom stereocenters. The quantitative estimate of drug-likeness (QED) is 0.842. The molecule has 124 valence electrons. The Morgan fingerprint density at radius 3 is 2.38 bits per heavy atom. The molecule has 1 heterocycles. The maximum Gasteiger partial charge on any atom is 0.0622 e. The van der Waals surface area contributed by atoms with Crippen molar-refractivity contribution in [3.05, 3.63) is 0 Å². The van der Waals surface area contributed by atoms with Gasteiger partial charge in [0, 0.05) is 31.3 Å². The van der Waals surface area contributed by atoms with E-state index in [0.29, 0.717) is 11.5 Å². The van der Waals surface area contributed by atoms with Crippen LogP contribution in [0.5, 0.6) is 0 Å². The Bertz CT molecular complexity index is 310. The predicted molar refractivity (Wildman–Crippen MR) is 89.7 cm³/mol. The number of ether oxygens (including phenoxy) is 1. The SMILES string of the molecule is CC1CCC(CNC(C)(C)C)(CN(C)C2CCOC2)CC1. The van der Waals surface area contributed by atoms with Crippen molar-refractivity contribution in [1.82, 2.24) is 10.2 Å². The third-order valence-corrected chi connectivity index (χ3v) is 5.44. The summed E-state index contributed by atoms with van der Waals surface area (Å²) in [6.45, 7) is 13.5. The zero-order valence-corrected chi connectivity index (χ0v) is 14.9. The molecule has 2 fully saturated rings. The van der Waals surface area contributed by atoms with Gasteiger partial charge < -0.3 is 15.0 Å². The van der Waals surface area contributed by atoms with Gasteiger partial charge in [-0.3, -0.25) is 0 Å². The molecule has 3 nitrogen and oxygen atoms in total. The highest BCUT2D eigenvalue weighted by atomic mass is 16.5. The Kier molecular flexibility index (Phi) is 5.72. The topological polar surface area (TPSA) is 24.5 Å². The van der Waals surface area contributed by atoms with Gasteiger partial charge in [0.2, 0.25) is 0 Å². The zero-order valence-electron chi connectivity index (χ0n) is 14.9. The fourth-order valence-electron chi connectivity index (χ4n) is 3.75. The largest absolute Gasteiger partial charge is 0.380 e. The van der Waals surface area contributed by atoms with E-state index in [1.54, 1.807) is 0 Å². The lowest BCUT2D eigenvalue weighted by Crippen LogP contribution is -2.51. The first-order valence-corrected chi connectivity index (χ1v) is 8.83. The van der Waals surface area contributed by atoms with Gasteiger partial charge in [-0.15, -0.1) is 0 Å². The monoisotopic (exact) mass is 296 g/mol. The molecule has 0 aromatic rings. The molecule has 2 aliphatic rings. The summed E-state index contributed by atoms with van der Waals surface area (Å²) in [5.74, 6) is 0.910. The van der Waals surface area contributed by atoms with Crippen molar-refractivity contribution < 1.29 is 4.74 Å². The Morgan fingerprint density at radius 2 is 1.86 bits per heavy atom. The molecule has 1 saturated heterocycles. The van der Waals surface area contributed by atoms with E-state index in [2.05, 4.69) is 45.0 Å². The molecule has 2 rings (SSSR count). The molecule has 3 heteroatoms. The van der Waals surface area contributed by atoms with Crippen LogP contribution >= 0.6 is 0 Å². The highest BCUT2D eigenvalue weighted by Crippen LogP contribution is 2.39. The summed E-state index contributed by atoms with van der Waals surface area (Å²) >= 11 is 0. The van der Waals surface area contributed by atoms with E-state index in [9.17, 15) is 0 Å². The molecule has 1 aliphatic heterocycles. The normalized spacial score (nSPS) is 34.6. The third kappa shape index (κ3) is 5.22. The lowest BCUT2D eigenvalue weighted by Gasteiger charge is -2.44. The molecule has 0 spiro atoms. The van der Waals surface area contributed by atoms with Crippen LogP contribution in [-0.2, 0) is 4.74 Å². The minimum atomic E-state index is 0.213. The summed E-state index contributed by atoms with van der Waals surface area (Å²) in [5, 5.41) is 3.79. The fraction of sp³-hybridized carbons (Fsp3) is 1.00. The van der Waals surface area contributed by atoms with Gasteiger partial charge in [-0.25, -0.2) is 0 Å². The maximum absolute atomic E-state index is 5.57. The van der Waals surface area contributed by atoms with Crippen LogP contribution in [0.25, 0.3) is 0 Å². The molecule has 1 saturated carbocycles. The summed E-state index contributed by atoms with van der Waals surface area (Å²) in [6.07, 6.45) is 6.72. The smallest absolute Gasteiger partial charge is 0.0622 e. The van der Waals surface area contributed by atoms with E-state index in [1.165, 1.54) is 38.6 Å². The van der Waals surface area contributed by atoms with Gasteiger partial charge in [-0.2, -0.15) is 0 Å². The Hall–Kier alpha value is -0.120. The molecular weight excluding hydrogens is 260 g/mol. The van der Waals surface area contributed by atoms with Gasteiger partial charge in [0.05, 0.1) is 6.61 Å². The van der Waals surface area contributed by atoms with Gasteiger partial charge in [0.25, 0.3) is 0 Å². The molecule has 0 radical (unpaired) electrons. The molecule has 1 N–H and O–H groups in total. The highest BCUT2D eigenvalue weighted by Gasteiger charge is 2.37. The highest BCUT2D eigenvalue weighted by molar-refractivity contribution is 4.92. The second-order valence-corrected chi connectivity index (χ2v) is 8.72. The average Bonchev–Trinajstić information content (AvgIpc) is 2.93. The summed E-state index contributed by atoms with van der Waals surface area (Å²) < 4.78 is 5.57. The van der Waals surface area contributed by atoms with E-state index in [1.807, 2.05) is 0 Å². The first kappa shape index (κ1) is 17.2. The minimum Gasteiger partial charge on any atom is -0.380 e. The van der Waals surface area contributed by atoms with Crippen molar-refractivity contribution in [2.75, 3.05) is 33.4 Å². The van der Waals surface area contributed by atoms with Crippen LogP contribution in [0.2, 0.25) is 0 Å². The molecule has 1 aliphatic carbocycles. The van der Waals surface area contributed by atoms with Crippen molar-refractivity contribution in [2.45, 2.75) is 71.4 Å². The van der Waals surface area contributed by atoms with E-state index < -0.39 is 0 Å². The maximum atomic E-state index is 5.57. The van der Waals surface area contributed by atoms with Gasteiger partial charge in [0.1, 0.15) is 0 Å². The van der Waals surface area contributed by atoms with Crippen LogP contribution in [-0.4, -0.2) is 49.8 Å². The predicted octanol–water partition coefficient (Wildman–Crippen LogP) is 3.29. The number of likely N-dealkylation sites (N-methyl/N-ethyl adjacent to an activating group) is 1. The molecule has 1 atom stereocenters. The van der Waals surface area contributed by atoms with E-state index in [-0.39, 0.29) is 5.54 Å². The van der Waals surface area contributed by atoms with Gasteiger partial charge in [-0.1, -0.05) is 19.8 Å². The van der Waals surface area contributed by atoms with E-state index in [4.69, 9.17) is 4.74 Å². The number of nitrogens with one attached hydrogen (secondary N) is 1. The molecule has 0 aromatic carbocycles. The Morgan fingerprint density at radius 1 is 1.19 bits per heavy atom. The molecule has 0 amide bonds. The zero-order chi connectivity index (χ0) is 15.5. The van der Waals surface area contributed by atoms with Gasteiger partial charge in [0.15, 0.2) is 0 Å². The number of hydrogen-bond acceptors (Lipinski definition) is 3. The van der Waals surface area contributed by atoms with Gasteiger partial charge in [-0.05, 0) is 58.4 Å². The van der Waals surface area contributed by atoms with Gasteiger partial charge >= 0.3 is 0 Å². The molecule has 0 aromatic heterocycles. The Balaban J connectivity index is 1.97. The molecule has 21 heavy (non-hydrogen) atoms. The van der Waals surface area contributed by atoms with Crippen LogP contribution in [0.1, 0.15) is 59.8 Å².